The van der Waals surface area contributed by atoms with E-state index < -0.39 is 32.3 Å². The number of nitrogens with zero attached hydrogens (tertiary/aromatic N) is 1. The molecule has 0 saturated carbocycles. The summed E-state index contributed by atoms with van der Waals surface area (Å²) in [5.74, 6) is -2.10. The molecule has 0 atom stereocenters. The van der Waals surface area contributed by atoms with E-state index in [4.69, 9.17) is 27.3 Å². The van der Waals surface area contributed by atoms with Crippen molar-refractivity contribution in [3.63, 3.8) is 0 Å². The summed E-state index contributed by atoms with van der Waals surface area (Å²) < 4.78 is 122. The van der Waals surface area contributed by atoms with Crippen LogP contribution in [-0.4, -0.2) is 62.7 Å². The minimum absolute atomic E-state index is 0.0467. The molecule has 0 radical (unpaired) electrons. The second-order valence-corrected chi connectivity index (χ2v) is 13.2. The van der Waals surface area contributed by atoms with Crippen molar-refractivity contribution in [2.45, 2.75) is 12.8 Å². The van der Waals surface area contributed by atoms with Crippen LogP contribution in [0.1, 0.15) is 5.56 Å². The van der Waals surface area contributed by atoms with Gasteiger partial charge in [0.25, 0.3) is 5.90 Å². The molecule has 0 aliphatic carbocycles. The molecule has 0 aliphatic rings. The lowest BCUT2D eigenvalue weighted by Crippen LogP contribution is -2.28. The lowest BCUT2D eigenvalue weighted by Gasteiger charge is -2.21. The number of rotatable bonds is 12. The molecule has 0 unspecified atom stereocenters. The Morgan fingerprint density at radius 2 is 1.35 bits per heavy atom. The zero-order valence-electron chi connectivity index (χ0n) is 26.2. The van der Waals surface area contributed by atoms with Crippen molar-refractivity contribution in [3.05, 3.63) is 84.4 Å². The van der Waals surface area contributed by atoms with Gasteiger partial charge in [0.15, 0.2) is 23.0 Å². The Balaban J connectivity index is 1.87. The van der Waals surface area contributed by atoms with Crippen molar-refractivity contribution >= 4 is 26.1 Å². The summed E-state index contributed by atoms with van der Waals surface area (Å²) in [5, 5.41) is 0. The molecule has 256 valence electrons. The van der Waals surface area contributed by atoms with Crippen LogP contribution in [0.4, 0.5) is 13.2 Å². The van der Waals surface area contributed by atoms with Gasteiger partial charge in [-0.2, -0.15) is 30.0 Å². The fraction of sp³-hybridized carbons (Fsp3) is 0.219. The third kappa shape index (κ3) is 9.10. The summed E-state index contributed by atoms with van der Waals surface area (Å²) in [7, 11) is -4.76. The highest BCUT2D eigenvalue weighted by Gasteiger charge is 2.38. The van der Waals surface area contributed by atoms with Crippen molar-refractivity contribution < 1.29 is 57.3 Å². The molecule has 4 rings (SSSR count). The normalized spacial score (nSPS) is 12.3. The summed E-state index contributed by atoms with van der Waals surface area (Å²) in [6.45, 7) is 0.0845. The van der Waals surface area contributed by atoms with Crippen molar-refractivity contribution in [3.8, 4) is 56.8 Å². The Bertz CT molecular complexity index is 2020. The van der Waals surface area contributed by atoms with Gasteiger partial charge in [0, 0.05) is 12.6 Å². The third-order valence-corrected chi connectivity index (χ3v) is 7.35. The van der Waals surface area contributed by atoms with Crippen LogP contribution in [0, 0.1) is 0 Å². The van der Waals surface area contributed by atoms with Gasteiger partial charge in [0.2, 0.25) is 0 Å². The van der Waals surface area contributed by atoms with Crippen LogP contribution in [0.2, 0.25) is 0 Å². The molecular formula is C32H30F3NO10S2. The Morgan fingerprint density at radius 3 is 1.90 bits per heavy atom. The van der Waals surface area contributed by atoms with E-state index in [1.165, 1.54) is 62.8 Å². The molecular weight excluding hydrogens is 679 g/mol. The average molecular weight is 710 g/mol. The zero-order chi connectivity index (χ0) is 35.3. The first-order valence-corrected chi connectivity index (χ1v) is 17.4. The lowest BCUT2D eigenvalue weighted by molar-refractivity contribution is -0.0710. The fourth-order valence-electron chi connectivity index (χ4n) is 4.49. The largest absolute Gasteiger partial charge is 0.496 e. The van der Waals surface area contributed by atoms with Gasteiger partial charge >= 0.3 is 26.4 Å². The first-order valence-electron chi connectivity index (χ1n) is 13.7. The van der Waals surface area contributed by atoms with Crippen molar-refractivity contribution in [2.75, 3.05) is 33.8 Å². The van der Waals surface area contributed by atoms with Gasteiger partial charge in [0.1, 0.15) is 18.1 Å². The van der Waals surface area contributed by atoms with Gasteiger partial charge in [-0.25, -0.2) is 0 Å². The van der Waals surface area contributed by atoms with E-state index in [2.05, 4.69) is 4.99 Å². The summed E-state index contributed by atoms with van der Waals surface area (Å²) >= 11 is 0. The second kappa shape index (κ2) is 14.4. The number of hydrogen-bond acceptors (Lipinski definition) is 11. The number of alkyl halides is 3. The van der Waals surface area contributed by atoms with Crippen LogP contribution in [0.5, 0.6) is 34.5 Å². The number of hydrogen-bond donors (Lipinski definition) is 0. The number of ether oxygens (including phenoxy) is 4. The maximum absolute atomic E-state index is 13.1. The predicted molar refractivity (Wildman–Crippen MR) is 172 cm³/mol. The Morgan fingerprint density at radius 1 is 0.729 bits per heavy atom. The molecule has 0 aliphatic heterocycles. The van der Waals surface area contributed by atoms with Crippen LogP contribution in [0.25, 0.3) is 22.3 Å². The number of methoxy groups -OCH3 is 2. The molecule has 0 bridgehead atoms. The van der Waals surface area contributed by atoms with E-state index >= 15 is 0 Å². The van der Waals surface area contributed by atoms with E-state index in [-0.39, 0.29) is 57.8 Å². The molecule has 4 aromatic carbocycles. The molecule has 0 heterocycles. The van der Waals surface area contributed by atoms with Crippen molar-refractivity contribution in [1.29, 1.82) is 0 Å². The molecule has 0 aromatic heterocycles. The van der Waals surface area contributed by atoms with Crippen LogP contribution in [0.15, 0.2) is 83.9 Å². The van der Waals surface area contributed by atoms with Gasteiger partial charge < -0.3 is 27.3 Å². The highest BCUT2D eigenvalue weighted by atomic mass is 32.2. The highest BCUT2D eigenvalue weighted by Crippen LogP contribution is 2.52. The quantitative estimate of drug-likeness (QED) is 0.0942. The molecule has 0 spiro atoms. The van der Waals surface area contributed by atoms with E-state index in [0.717, 1.165) is 25.1 Å². The molecule has 0 N–H and O–H groups in total. The van der Waals surface area contributed by atoms with Crippen LogP contribution in [0.3, 0.4) is 0 Å². The number of halogens is 3. The molecule has 48 heavy (non-hydrogen) atoms. The Kier molecular flexibility index (Phi) is 10.8. The second-order valence-electron chi connectivity index (χ2n) is 10.0. The van der Waals surface area contributed by atoms with Gasteiger partial charge in [-0.05, 0) is 47.0 Å². The van der Waals surface area contributed by atoms with E-state index in [9.17, 15) is 30.0 Å². The molecule has 0 amide bonds. The Hall–Kier alpha value is -4.96. The average Bonchev–Trinajstić information content (AvgIpc) is 3.01. The van der Waals surface area contributed by atoms with Gasteiger partial charge in [-0.3, -0.25) is 4.99 Å². The third-order valence-electron chi connectivity index (χ3n) is 6.39. The van der Waals surface area contributed by atoms with E-state index in [1.54, 1.807) is 0 Å². The van der Waals surface area contributed by atoms with E-state index in [1.807, 2.05) is 30.3 Å². The summed E-state index contributed by atoms with van der Waals surface area (Å²) in [6.07, 6.45) is -3.14. The molecule has 0 saturated heterocycles. The molecule has 4 aromatic rings. The van der Waals surface area contributed by atoms with Gasteiger partial charge in [-0.15, -0.1) is 0 Å². The standard InChI is InChI=1S/C32H30F3NO10S2/c1-36-31(32(33,34)35)44-23-14-11-21(12-15-23)24-18-27(41-2)28(30(29(24)42-3)46-48(5,39)40)22-13-16-25(26(17-22)45-47(4,37)38)43-19-20-9-7-6-8-10-20/h6-18H,19H2,1-5H3. The zero-order valence-corrected chi connectivity index (χ0v) is 27.8. The first-order chi connectivity index (χ1) is 22.5. The number of benzene rings is 4. The maximum Gasteiger partial charge on any atom is 0.468 e. The smallest absolute Gasteiger partial charge is 0.468 e. The maximum atomic E-state index is 13.1. The van der Waals surface area contributed by atoms with Gasteiger partial charge in [-0.1, -0.05) is 48.5 Å². The van der Waals surface area contributed by atoms with E-state index in [0.29, 0.717) is 5.56 Å². The van der Waals surface area contributed by atoms with Crippen molar-refractivity contribution in [2.24, 2.45) is 4.99 Å². The lowest BCUT2D eigenvalue weighted by atomic mass is 9.96. The van der Waals surface area contributed by atoms with Crippen LogP contribution in [-0.2, 0) is 26.8 Å². The fourth-order valence-corrected chi connectivity index (χ4v) is 5.41. The van der Waals surface area contributed by atoms with Crippen molar-refractivity contribution in [1.82, 2.24) is 0 Å². The highest BCUT2D eigenvalue weighted by molar-refractivity contribution is 7.86. The predicted octanol–water partition coefficient (Wildman–Crippen LogP) is 6.26. The topological polar surface area (TPSA) is 136 Å². The SMILES string of the molecule is CN=C(Oc1ccc(-c2cc(OC)c(-c3ccc(OCc4ccccc4)c(OS(C)(=O)=O)c3)c(OS(C)(=O)=O)c2OC)cc1)C(F)(F)F. The molecule has 0 fully saturated rings. The Labute approximate surface area is 275 Å². The summed E-state index contributed by atoms with van der Waals surface area (Å²) in [6, 6.07) is 20.2. The number of aliphatic imine (C=N–C) groups is 1. The molecule has 16 heteroatoms. The molecule has 11 nitrogen and oxygen atoms in total. The monoisotopic (exact) mass is 709 g/mol. The minimum Gasteiger partial charge on any atom is -0.496 e. The summed E-state index contributed by atoms with van der Waals surface area (Å²) in [5.41, 5.74) is 1.64. The van der Waals surface area contributed by atoms with Crippen LogP contribution >= 0.6 is 0 Å². The van der Waals surface area contributed by atoms with Gasteiger partial charge in [0.05, 0.1) is 32.3 Å². The minimum atomic E-state index is -4.81. The van der Waals surface area contributed by atoms with Crippen LogP contribution < -0.4 is 27.3 Å². The summed E-state index contributed by atoms with van der Waals surface area (Å²) in [4.78, 5) is 3.13. The first kappa shape index (κ1) is 35.9.